The minimum absolute atomic E-state index is 0.0209. The molecule has 0 unspecified atom stereocenters. The number of Topliss-reactive ketones (excluding diaryl/α,β-unsaturated/α-hetero) is 2. The smallest absolute Gasteiger partial charge is 0.156 e. The highest BCUT2D eigenvalue weighted by Gasteiger charge is 2.67. The van der Waals surface area contributed by atoms with Gasteiger partial charge in [0.2, 0.25) is 0 Å². The fraction of sp³-hybridized carbons (Fsp3) is 0.733. The predicted molar refractivity (Wildman–Crippen MR) is 66.8 cm³/mol. The number of aliphatic hydroxyl groups excluding tert-OH is 1. The van der Waals surface area contributed by atoms with Gasteiger partial charge < -0.3 is 5.11 Å². The normalized spacial score (nSPS) is 45.1. The topological polar surface area (TPSA) is 54.4 Å². The van der Waals surface area contributed by atoms with Crippen molar-refractivity contribution in [1.29, 1.82) is 0 Å². The summed E-state index contributed by atoms with van der Waals surface area (Å²) >= 11 is 0. The molecule has 3 heteroatoms. The number of carbonyl (C=O) groups excluding carboxylic acids is 2. The maximum atomic E-state index is 12.7. The summed E-state index contributed by atoms with van der Waals surface area (Å²) in [7, 11) is 0. The molecule has 4 atom stereocenters. The van der Waals surface area contributed by atoms with Crippen molar-refractivity contribution in [3.05, 3.63) is 11.6 Å². The summed E-state index contributed by atoms with van der Waals surface area (Å²) in [5.41, 5.74) is -0.192. The van der Waals surface area contributed by atoms with Crippen molar-refractivity contribution in [2.45, 2.75) is 33.6 Å². The molecule has 0 saturated heterocycles. The van der Waals surface area contributed by atoms with Crippen molar-refractivity contribution in [2.75, 3.05) is 6.61 Å². The first-order valence-electron chi connectivity index (χ1n) is 6.74. The molecule has 1 spiro atoms. The lowest BCUT2D eigenvalue weighted by Crippen LogP contribution is -2.55. The second-order valence-corrected chi connectivity index (χ2v) is 6.87. The summed E-state index contributed by atoms with van der Waals surface area (Å²) in [6, 6.07) is 0. The van der Waals surface area contributed by atoms with Crippen molar-refractivity contribution in [3.63, 3.8) is 0 Å². The highest BCUT2D eigenvalue weighted by Crippen LogP contribution is 2.62. The van der Waals surface area contributed by atoms with Crippen LogP contribution in [0.4, 0.5) is 0 Å². The van der Waals surface area contributed by atoms with Gasteiger partial charge in [0.05, 0.1) is 6.61 Å². The lowest BCUT2D eigenvalue weighted by atomic mass is 9.53. The summed E-state index contributed by atoms with van der Waals surface area (Å²) in [4.78, 5) is 25.3. The molecule has 18 heavy (non-hydrogen) atoms. The summed E-state index contributed by atoms with van der Waals surface area (Å²) in [5.74, 6) is -0.00227. The Bertz CT molecular complexity index is 474. The third kappa shape index (κ3) is 1.14. The van der Waals surface area contributed by atoms with Crippen LogP contribution in [0.3, 0.4) is 0 Å². The van der Waals surface area contributed by atoms with Gasteiger partial charge in [0, 0.05) is 11.3 Å². The average Bonchev–Trinajstić information content (AvgIpc) is 2.49. The van der Waals surface area contributed by atoms with Crippen molar-refractivity contribution >= 4 is 11.6 Å². The standard InChI is InChI=1S/C15H20O3/c1-8-5-15-9(6-14(2,3)13(15)18)4-10(8)11(7-16)12(15)17/h5,9-11,16H,4,6-7H2,1-3H3/t9-,10+,11+,15-/m1/s1. The quantitative estimate of drug-likeness (QED) is 0.568. The molecule has 98 valence electrons. The van der Waals surface area contributed by atoms with E-state index in [0.29, 0.717) is 0 Å². The van der Waals surface area contributed by atoms with Crippen LogP contribution in [0.15, 0.2) is 11.6 Å². The molecule has 4 aliphatic carbocycles. The van der Waals surface area contributed by atoms with E-state index in [4.69, 9.17) is 0 Å². The van der Waals surface area contributed by atoms with Crippen molar-refractivity contribution < 1.29 is 14.7 Å². The first-order valence-corrected chi connectivity index (χ1v) is 6.74. The van der Waals surface area contributed by atoms with E-state index in [9.17, 15) is 14.7 Å². The second kappa shape index (κ2) is 3.32. The second-order valence-electron chi connectivity index (χ2n) is 6.87. The van der Waals surface area contributed by atoms with Gasteiger partial charge in [-0.25, -0.2) is 0 Å². The summed E-state index contributed by atoms with van der Waals surface area (Å²) in [6.45, 7) is 5.76. The molecule has 1 N–H and O–H groups in total. The molecule has 2 saturated carbocycles. The van der Waals surface area contributed by atoms with Crippen molar-refractivity contribution in [3.8, 4) is 0 Å². The molecule has 4 rings (SSSR count). The molecular formula is C15H20O3. The first-order chi connectivity index (χ1) is 8.34. The number of hydrogen-bond donors (Lipinski definition) is 1. The van der Waals surface area contributed by atoms with Crippen LogP contribution in [-0.2, 0) is 9.59 Å². The zero-order chi connectivity index (χ0) is 13.3. The lowest BCUT2D eigenvalue weighted by Gasteiger charge is -2.48. The van der Waals surface area contributed by atoms with Gasteiger partial charge in [0.25, 0.3) is 0 Å². The summed E-state index contributed by atoms with van der Waals surface area (Å²) < 4.78 is 0. The number of rotatable bonds is 1. The molecule has 2 bridgehead atoms. The summed E-state index contributed by atoms with van der Waals surface area (Å²) in [5, 5.41) is 9.47. The van der Waals surface area contributed by atoms with E-state index in [0.717, 1.165) is 18.4 Å². The Balaban J connectivity index is 2.19. The Kier molecular flexibility index (Phi) is 2.23. The minimum Gasteiger partial charge on any atom is -0.396 e. The van der Waals surface area contributed by atoms with Crippen LogP contribution in [0, 0.1) is 28.6 Å². The van der Waals surface area contributed by atoms with E-state index in [1.165, 1.54) is 0 Å². The number of hydrogen-bond acceptors (Lipinski definition) is 3. The van der Waals surface area contributed by atoms with E-state index in [1.54, 1.807) is 0 Å². The van der Waals surface area contributed by atoms with E-state index < -0.39 is 10.8 Å². The molecule has 0 amide bonds. The number of ketones is 2. The van der Waals surface area contributed by atoms with Crippen molar-refractivity contribution in [2.24, 2.45) is 28.6 Å². The predicted octanol–water partition coefficient (Wildman–Crippen LogP) is 1.75. The van der Waals surface area contributed by atoms with Gasteiger partial charge in [0.15, 0.2) is 11.6 Å². The molecule has 3 nitrogen and oxygen atoms in total. The van der Waals surface area contributed by atoms with E-state index >= 15 is 0 Å². The SMILES string of the molecule is CC1=C[C@]23C(=O)[C@@H](CO)[C@H]1C[C@@H]2CC(C)(C)C3=O. The van der Waals surface area contributed by atoms with Gasteiger partial charge in [-0.05, 0) is 31.6 Å². The Hall–Kier alpha value is -0.960. The van der Waals surface area contributed by atoms with Gasteiger partial charge in [0.1, 0.15) is 5.41 Å². The van der Waals surface area contributed by atoms with Crippen molar-refractivity contribution in [1.82, 2.24) is 0 Å². The molecule has 0 radical (unpaired) electrons. The maximum Gasteiger partial charge on any atom is 0.156 e. The summed E-state index contributed by atoms with van der Waals surface area (Å²) in [6.07, 6.45) is 3.61. The van der Waals surface area contributed by atoms with Gasteiger partial charge in [-0.1, -0.05) is 25.5 Å². The molecule has 4 aliphatic rings. The highest BCUT2D eigenvalue weighted by molar-refractivity contribution is 6.15. The van der Waals surface area contributed by atoms with Crippen LogP contribution in [0.1, 0.15) is 33.6 Å². The van der Waals surface area contributed by atoms with E-state index in [1.807, 2.05) is 26.8 Å². The lowest BCUT2D eigenvalue weighted by molar-refractivity contribution is -0.149. The number of fused-ring (bicyclic) bond motifs is 1. The molecule has 0 aliphatic heterocycles. The highest BCUT2D eigenvalue weighted by atomic mass is 16.3. The third-order valence-corrected chi connectivity index (χ3v) is 5.40. The largest absolute Gasteiger partial charge is 0.396 e. The third-order valence-electron chi connectivity index (χ3n) is 5.40. The van der Waals surface area contributed by atoms with Crippen LogP contribution >= 0.6 is 0 Å². The van der Waals surface area contributed by atoms with Crippen LogP contribution in [0.25, 0.3) is 0 Å². The first kappa shape index (κ1) is 12.1. The fourth-order valence-corrected chi connectivity index (χ4v) is 4.59. The Labute approximate surface area is 107 Å². The van der Waals surface area contributed by atoms with Gasteiger partial charge >= 0.3 is 0 Å². The number of allylic oxidation sites excluding steroid dienone is 2. The van der Waals surface area contributed by atoms with Crippen LogP contribution in [0.2, 0.25) is 0 Å². The van der Waals surface area contributed by atoms with Gasteiger partial charge in [-0.3, -0.25) is 9.59 Å². The van der Waals surface area contributed by atoms with E-state index in [2.05, 4.69) is 0 Å². The maximum absolute atomic E-state index is 12.7. The van der Waals surface area contributed by atoms with Crippen LogP contribution < -0.4 is 0 Å². The molecular weight excluding hydrogens is 228 g/mol. The monoisotopic (exact) mass is 248 g/mol. The van der Waals surface area contributed by atoms with Crippen LogP contribution in [0.5, 0.6) is 0 Å². The fourth-order valence-electron chi connectivity index (χ4n) is 4.59. The number of carbonyl (C=O) groups is 2. The van der Waals surface area contributed by atoms with Crippen LogP contribution in [-0.4, -0.2) is 23.3 Å². The average molecular weight is 248 g/mol. The Morgan fingerprint density at radius 2 is 2.06 bits per heavy atom. The molecule has 0 aromatic rings. The zero-order valence-corrected chi connectivity index (χ0v) is 11.2. The number of aliphatic hydroxyl groups is 1. The minimum atomic E-state index is -0.907. The molecule has 2 fully saturated rings. The van der Waals surface area contributed by atoms with Gasteiger partial charge in [-0.2, -0.15) is 0 Å². The molecule has 0 aromatic heterocycles. The molecule has 0 heterocycles. The van der Waals surface area contributed by atoms with Gasteiger partial charge in [-0.15, -0.1) is 0 Å². The Morgan fingerprint density at radius 3 is 2.67 bits per heavy atom. The zero-order valence-electron chi connectivity index (χ0n) is 11.2. The Morgan fingerprint density at radius 1 is 1.39 bits per heavy atom. The van der Waals surface area contributed by atoms with E-state index in [-0.39, 0.29) is 35.9 Å². The molecule has 0 aromatic carbocycles.